The van der Waals surface area contributed by atoms with Gasteiger partial charge >= 0.3 is 0 Å². The number of thioether (sulfide) groups is 1. The van der Waals surface area contributed by atoms with Gasteiger partial charge in [-0.05, 0) is 79.1 Å². The maximum Gasteiger partial charge on any atom is 0.261 e. The fourth-order valence-electron chi connectivity index (χ4n) is 4.09. The maximum absolute atomic E-state index is 13.6. The Morgan fingerprint density at radius 2 is 1.37 bits per heavy atom. The van der Waals surface area contributed by atoms with E-state index in [0.717, 1.165) is 11.4 Å². The van der Waals surface area contributed by atoms with E-state index >= 15 is 0 Å². The Hall–Kier alpha value is -4.76. The van der Waals surface area contributed by atoms with Crippen LogP contribution in [0.4, 0.5) is 17.1 Å². The molecule has 0 aromatic heterocycles. The minimum atomic E-state index is -0.824. The molecule has 1 unspecified atom stereocenters. The van der Waals surface area contributed by atoms with Gasteiger partial charge in [0.2, 0.25) is 0 Å². The number of hydrazine groups is 1. The number of carbonyl (C=O) groups excluding carboxylic acids is 3. The van der Waals surface area contributed by atoms with Gasteiger partial charge in [-0.25, -0.2) is 0 Å². The second-order valence-electron chi connectivity index (χ2n) is 9.02. The zero-order valence-electron chi connectivity index (χ0n) is 22.9. The van der Waals surface area contributed by atoms with Crippen LogP contribution in [0.5, 0.6) is 5.75 Å². The van der Waals surface area contributed by atoms with Crippen molar-refractivity contribution in [3.8, 4) is 5.75 Å². The number of rotatable bonds is 12. The van der Waals surface area contributed by atoms with Crippen LogP contribution in [0.2, 0.25) is 0 Å². The molecule has 0 aliphatic carbocycles. The Bertz CT molecular complexity index is 1410. The molecular weight excluding hydrogens is 536 g/mol. The third kappa shape index (κ3) is 7.89. The lowest BCUT2D eigenvalue weighted by Crippen LogP contribution is -2.51. The molecule has 0 saturated heterocycles. The van der Waals surface area contributed by atoms with Crippen LogP contribution in [0.1, 0.15) is 27.1 Å². The highest BCUT2D eigenvalue weighted by atomic mass is 32.2. The fraction of sp³-hybridized carbons (Fsp3) is 0.156. The first-order chi connectivity index (χ1) is 20.0. The predicted molar refractivity (Wildman–Crippen MR) is 165 cm³/mol. The summed E-state index contributed by atoms with van der Waals surface area (Å²) < 4.78 is 5.15. The van der Waals surface area contributed by atoms with Crippen molar-refractivity contribution in [2.75, 3.05) is 29.4 Å². The van der Waals surface area contributed by atoms with Crippen molar-refractivity contribution in [2.24, 2.45) is 0 Å². The summed E-state index contributed by atoms with van der Waals surface area (Å²) in [6.45, 7) is 0. The van der Waals surface area contributed by atoms with Gasteiger partial charge in [0.15, 0.2) is 0 Å². The first kappa shape index (κ1) is 29.2. The molecule has 0 saturated carbocycles. The van der Waals surface area contributed by atoms with Crippen LogP contribution in [0.15, 0.2) is 109 Å². The first-order valence-electron chi connectivity index (χ1n) is 13.0. The fourth-order valence-corrected chi connectivity index (χ4v) is 4.56. The standard InChI is InChI=1S/C32H32N4O4S/c1-40-26-19-17-23(18-20-26)30(37)33-28-16-10-9-15-27(28)31(38)34-29(21-22-41-2)32(39)35-36(24-11-5-3-6-12-24)25-13-7-4-8-14-25/h3-20,29H,21-22H2,1-2H3,(H,33,37)(H,34,38)(H,35,39). The lowest BCUT2D eigenvalue weighted by molar-refractivity contribution is -0.123. The highest BCUT2D eigenvalue weighted by Gasteiger charge is 2.25. The molecule has 4 aromatic carbocycles. The van der Waals surface area contributed by atoms with Gasteiger partial charge in [-0.2, -0.15) is 11.8 Å². The van der Waals surface area contributed by atoms with Gasteiger partial charge < -0.3 is 15.4 Å². The van der Waals surface area contributed by atoms with Crippen LogP contribution in [-0.2, 0) is 4.79 Å². The van der Waals surface area contributed by atoms with Crippen LogP contribution in [0, 0.1) is 0 Å². The van der Waals surface area contributed by atoms with E-state index in [1.807, 2.05) is 66.9 Å². The number of carbonyl (C=O) groups is 3. The molecule has 1 atom stereocenters. The van der Waals surface area contributed by atoms with Crippen molar-refractivity contribution in [1.29, 1.82) is 0 Å². The summed E-state index contributed by atoms with van der Waals surface area (Å²) >= 11 is 1.58. The molecule has 0 aliphatic heterocycles. The van der Waals surface area contributed by atoms with E-state index in [9.17, 15) is 14.4 Å². The summed E-state index contributed by atoms with van der Waals surface area (Å²) in [7, 11) is 1.55. The number of nitrogens with zero attached hydrogens (tertiary/aromatic N) is 1. The highest BCUT2D eigenvalue weighted by Crippen LogP contribution is 2.23. The summed E-state index contributed by atoms with van der Waals surface area (Å²) in [4.78, 5) is 40.0. The molecule has 3 amide bonds. The molecule has 210 valence electrons. The van der Waals surface area contributed by atoms with E-state index in [0.29, 0.717) is 29.2 Å². The second kappa shape index (κ2) is 14.6. The number of nitrogens with one attached hydrogen (secondary N) is 3. The second-order valence-corrected chi connectivity index (χ2v) is 10.0. The van der Waals surface area contributed by atoms with Crippen molar-refractivity contribution in [3.05, 3.63) is 120 Å². The Balaban J connectivity index is 1.53. The third-order valence-electron chi connectivity index (χ3n) is 6.26. The Kier molecular flexibility index (Phi) is 10.4. The molecule has 0 bridgehead atoms. The predicted octanol–water partition coefficient (Wildman–Crippen LogP) is 5.67. The molecule has 9 heteroatoms. The zero-order valence-corrected chi connectivity index (χ0v) is 23.7. The topological polar surface area (TPSA) is 99.8 Å². The molecule has 4 rings (SSSR count). The lowest BCUT2D eigenvalue weighted by atomic mass is 10.1. The summed E-state index contributed by atoms with van der Waals surface area (Å²) in [6, 6.07) is 31.5. The normalized spacial score (nSPS) is 11.2. The Labute approximate surface area is 244 Å². The number of amides is 3. The van der Waals surface area contributed by atoms with Gasteiger partial charge in [-0.3, -0.25) is 24.8 Å². The van der Waals surface area contributed by atoms with Gasteiger partial charge in [0.05, 0.1) is 29.7 Å². The lowest BCUT2D eigenvalue weighted by Gasteiger charge is -2.28. The number of hydrogen-bond acceptors (Lipinski definition) is 6. The molecule has 0 aliphatic rings. The van der Waals surface area contributed by atoms with Crippen LogP contribution in [0.3, 0.4) is 0 Å². The molecule has 8 nitrogen and oxygen atoms in total. The highest BCUT2D eigenvalue weighted by molar-refractivity contribution is 7.98. The van der Waals surface area contributed by atoms with E-state index in [4.69, 9.17) is 4.74 Å². The summed E-state index contributed by atoms with van der Waals surface area (Å²) in [6.07, 6.45) is 2.36. The number of benzene rings is 4. The summed E-state index contributed by atoms with van der Waals surface area (Å²) in [5.74, 6) is 0.0906. The van der Waals surface area contributed by atoms with Crippen LogP contribution in [-0.4, -0.2) is 42.9 Å². The number of para-hydroxylation sites is 3. The molecular formula is C32H32N4O4S. The summed E-state index contributed by atoms with van der Waals surface area (Å²) in [5, 5.41) is 7.40. The van der Waals surface area contributed by atoms with E-state index in [1.165, 1.54) is 0 Å². The van der Waals surface area contributed by atoms with Gasteiger partial charge in [0.25, 0.3) is 17.7 Å². The third-order valence-corrected chi connectivity index (χ3v) is 6.90. The molecule has 0 heterocycles. The Morgan fingerprint density at radius 1 is 0.780 bits per heavy atom. The smallest absolute Gasteiger partial charge is 0.261 e. The van der Waals surface area contributed by atoms with E-state index < -0.39 is 11.9 Å². The number of anilines is 3. The van der Waals surface area contributed by atoms with Gasteiger partial charge in [-0.1, -0.05) is 48.5 Å². The van der Waals surface area contributed by atoms with E-state index in [1.54, 1.807) is 72.4 Å². The molecule has 4 aromatic rings. The summed E-state index contributed by atoms with van der Waals surface area (Å²) in [5.41, 5.74) is 5.53. The molecule has 41 heavy (non-hydrogen) atoms. The average molecular weight is 569 g/mol. The number of ether oxygens (including phenoxy) is 1. The van der Waals surface area contributed by atoms with E-state index in [2.05, 4.69) is 16.1 Å². The number of hydrogen-bond donors (Lipinski definition) is 3. The van der Waals surface area contributed by atoms with Crippen molar-refractivity contribution in [1.82, 2.24) is 10.7 Å². The van der Waals surface area contributed by atoms with Crippen molar-refractivity contribution in [2.45, 2.75) is 12.5 Å². The monoisotopic (exact) mass is 568 g/mol. The SMILES string of the molecule is COc1ccc(C(=O)Nc2ccccc2C(=O)NC(CCSC)C(=O)NN(c2ccccc2)c2ccccc2)cc1. The molecule has 3 N–H and O–H groups in total. The largest absolute Gasteiger partial charge is 0.497 e. The van der Waals surface area contributed by atoms with Crippen molar-refractivity contribution in [3.63, 3.8) is 0 Å². The van der Waals surface area contributed by atoms with Crippen LogP contribution in [0.25, 0.3) is 0 Å². The quantitative estimate of drug-likeness (QED) is 0.191. The van der Waals surface area contributed by atoms with E-state index in [-0.39, 0.29) is 17.4 Å². The first-order valence-corrected chi connectivity index (χ1v) is 14.4. The van der Waals surface area contributed by atoms with Crippen molar-refractivity contribution >= 4 is 46.5 Å². The molecule has 0 spiro atoms. The molecule has 0 fully saturated rings. The van der Waals surface area contributed by atoms with Crippen LogP contribution >= 0.6 is 11.8 Å². The Morgan fingerprint density at radius 3 is 1.95 bits per heavy atom. The molecule has 0 radical (unpaired) electrons. The minimum Gasteiger partial charge on any atom is -0.497 e. The van der Waals surface area contributed by atoms with Gasteiger partial charge in [0.1, 0.15) is 11.8 Å². The zero-order chi connectivity index (χ0) is 29.0. The van der Waals surface area contributed by atoms with Crippen molar-refractivity contribution < 1.29 is 19.1 Å². The number of methoxy groups -OCH3 is 1. The maximum atomic E-state index is 13.6. The van der Waals surface area contributed by atoms with Gasteiger partial charge in [-0.15, -0.1) is 0 Å². The van der Waals surface area contributed by atoms with Crippen LogP contribution < -0.4 is 25.8 Å². The van der Waals surface area contributed by atoms with Gasteiger partial charge in [0, 0.05) is 5.56 Å². The average Bonchev–Trinajstić information content (AvgIpc) is 3.02. The minimum absolute atomic E-state index is 0.249.